The zero-order valence-corrected chi connectivity index (χ0v) is 13.6. The van der Waals surface area contributed by atoms with Gasteiger partial charge in [-0.2, -0.15) is 0 Å². The van der Waals surface area contributed by atoms with Gasteiger partial charge in [0, 0.05) is 15.5 Å². The fourth-order valence-electron chi connectivity index (χ4n) is 2.64. The van der Waals surface area contributed by atoms with Crippen LogP contribution >= 0.6 is 34.5 Å². The van der Waals surface area contributed by atoms with Gasteiger partial charge in [-0.15, -0.1) is 11.3 Å². The molecular formula is C15H16Cl2N2S. The van der Waals surface area contributed by atoms with Gasteiger partial charge in [-0.3, -0.25) is 0 Å². The van der Waals surface area contributed by atoms with Crippen LogP contribution in [0.15, 0.2) is 18.2 Å². The first-order chi connectivity index (χ1) is 9.69. The number of hydrogen-bond acceptors (Lipinski definition) is 3. The number of nitrogens with one attached hydrogen (secondary N) is 1. The summed E-state index contributed by atoms with van der Waals surface area (Å²) in [7, 11) is 0. The van der Waals surface area contributed by atoms with Crippen molar-refractivity contribution in [3.05, 3.63) is 38.8 Å². The summed E-state index contributed by atoms with van der Waals surface area (Å²) in [6.45, 7) is 3.11. The number of fused-ring (bicyclic) bond motifs is 1. The van der Waals surface area contributed by atoms with Crippen LogP contribution < -0.4 is 5.32 Å². The molecule has 5 heteroatoms. The average molecular weight is 327 g/mol. The molecule has 0 aliphatic heterocycles. The molecule has 1 atom stereocenters. The lowest BCUT2D eigenvalue weighted by Crippen LogP contribution is -2.24. The first-order valence-corrected chi connectivity index (χ1v) is 8.44. The van der Waals surface area contributed by atoms with Crippen molar-refractivity contribution < 1.29 is 0 Å². The Morgan fingerprint density at radius 3 is 3.00 bits per heavy atom. The van der Waals surface area contributed by atoms with Crippen molar-refractivity contribution in [1.82, 2.24) is 10.3 Å². The molecule has 2 nitrogen and oxygen atoms in total. The second kappa shape index (κ2) is 6.02. The van der Waals surface area contributed by atoms with Crippen molar-refractivity contribution >= 4 is 34.5 Å². The van der Waals surface area contributed by atoms with E-state index in [0.717, 1.165) is 23.5 Å². The quantitative estimate of drug-likeness (QED) is 0.848. The maximum atomic E-state index is 6.29. The van der Waals surface area contributed by atoms with E-state index in [2.05, 4.69) is 12.2 Å². The highest BCUT2D eigenvalue weighted by molar-refractivity contribution is 7.15. The van der Waals surface area contributed by atoms with Crippen LogP contribution in [0.1, 0.15) is 36.4 Å². The number of aromatic nitrogens is 1. The third-order valence-corrected chi connectivity index (χ3v) is 5.28. The predicted molar refractivity (Wildman–Crippen MR) is 86.9 cm³/mol. The average Bonchev–Trinajstić information content (AvgIpc) is 2.83. The van der Waals surface area contributed by atoms with E-state index in [-0.39, 0.29) is 0 Å². The molecule has 1 aromatic carbocycles. The number of hydrogen-bond donors (Lipinski definition) is 1. The van der Waals surface area contributed by atoms with Gasteiger partial charge in [0.2, 0.25) is 0 Å². The van der Waals surface area contributed by atoms with Crippen LogP contribution in [0.5, 0.6) is 0 Å². The minimum absolute atomic E-state index is 0.389. The molecule has 0 spiro atoms. The number of rotatable bonds is 3. The van der Waals surface area contributed by atoms with Gasteiger partial charge in [0.05, 0.1) is 16.8 Å². The Kier molecular flexibility index (Phi) is 4.32. The summed E-state index contributed by atoms with van der Waals surface area (Å²) in [6, 6.07) is 5.99. The molecule has 0 bridgehead atoms. The third kappa shape index (κ3) is 2.73. The van der Waals surface area contributed by atoms with Gasteiger partial charge in [-0.1, -0.05) is 30.1 Å². The second-order valence-electron chi connectivity index (χ2n) is 4.95. The minimum atomic E-state index is 0.389. The minimum Gasteiger partial charge on any atom is -0.309 e. The first-order valence-electron chi connectivity index (χ1n) is 6.87. The molecule has 1 heterocycles. The molecule has 0 fully saturated rings. The second-order valence-corrected chi connectivity index (χ2v) is 6.88. The van der Waals surface area contributed by atoms with Crippen molar-refractivity contribution in [2.24, 2.45) is 0 Å². The third-order valence-electron chi connectivity index (χ3n) is 3.57. The summed E-state index contributed by atoms with van der Waals surface area (Å²) in [5.74, 6) is 0. The molecule has 0 saturated carbocycles. The highest BCUT2D eigenvalue weighted by Gasteiger charge is 2.24. The van der Waals surface area contributed by atoms with Gasteiger partial charge in [-0.05, 0) is 44.0 Å². The van der Waals surface area contributed by atoms with Crippen LogP contribution in [0, 0.1) is 0 Å². The summed E-state index contributed by atoms with van der Waals surface area (Å²) < 4.78 is 0. The maximum Gasteiger partial charge on any atom is 0.125 e. The SMILES string of the molecule is CCNC1CCCc2sc(-c3ccc(Cl)cc3Cl)nc21. The molecule has 0 amide bonds. The zero-order valence-electron chi connectivity index (χ0n) is 11.2. The maximum absolute atomic E-state index is 6.29. The number of nitrogens with zero attached hydrogens (tertiary/aromatic N) is 1. The molecule has 1 aliphatic carbocycles. The van der Waals surface area contributed by atoms with Crippen molar-refractivity contribution in [2.45, 2.75) is 32.2 Å². The van der Waals surface area contributed by atoms with E-state index in [1.165, 1.54) is 23.4 Å². The molecule has 1 aliphatic rings. The number of benzene rings is 1. The Morgan fingerprint density at radius 1 is 1.40 bits per heavy atom. The van der Waals surface area contributed by atoms with Crippen molar-refractivity contribution in [2.75, 3.05) is 6.54 Å². The standard InChI is InChI=1S/C15H16Cl2N2S/c1-2-18-12-4-3-5-13-14(12)19-15(20-13)10-7-6-9(16)8-11(10)17/h6-8,12,18H,2-5H2,1H3. The molecule has 0 saturated heterocycles. The molecule has 3 rings (SSSR count). The van der Waals surface area contributed by atoms with Crippen LogP contribution in [0.4, 0.5) is 0 Å². The normalized spacial score (nSPS) is 18.1. The molecular weight excluding hydrogens is 311 g/mol. The lowest BCUT2D eigenvalue weighted by atomic mass is 9.98. The van der Waals surface area contributed by atoms with Gasteiger partial charge in [-0.25, -0.2) is 4.98 Å². The summed E-state index contributed by atoms with van der Waals surface area (Å²) in [5, 5.41) is 5.85. The first kappa shape index (κ1) is 14.3. The van der Waals surface area contributed by atoms with Gasteiger partial charge in [0.1, 0.15) is 5.01 Å². The summed E-state index contributed by atoms with van der Waals surface area (Å²) in [4.78, 5) is 6.23. The largest absolute Gasteiger partial charge is 0.309 e. The van der Waals surface area contributed by atoms with E-state index in [9.17, 15) is 0 Å². The zero-order chi connectivity index (χ0) is 14.1. The Balaban J connectivity index is 2.00. The molecule has 2 aromatic rings. The van der Waals surface area contributed by atoms with Gasteiger partial charge < -0.3 is 5.32 Å². The lowest BCUT2D eigenvalue weighted by Gasteiger charge is -2.21. The van der Waals surface area contributed by atoms with E-state index in [1.807, 2.05) is 12.1 Å². The monoisotopic (exact) mass is 326 g/mol. The summed E-state index contributed by atoms with van der Waals surface area (Å²) in [5.41, 5.74) is 2.19. The number of thiazole rings is 1. The highest BCUT2D eigenvalue weighted by atomic mass is 35.5. The fourth-order valence-corrected chi connectivity index (χ4v) is 4.40. The predicted octanol–water partition coefficient (Wildman–Crippen LogP) is 5.10. The van der Waals surface area contributed by atoms with E-state index in [1.54, 1.807) is 17.4 Å². The van der Waals surface area contributed by atoms with Crippen LogP contribution in [-0.2, 0) is 6.42 Å². The van der Waals surface area contributed by atoms with Crippen LogP contribution in [0.2, 0.25) is 10.0 Å². The number of aryl methyl sites for hydroxylation is 1. The fraction of sp³-hybridized carbons (Fsp3) is 0.400. The van der Waals surface area contributed by atoms with Gasteiger partial charge in [0.15, 0.2) is 0 Å². The summed E-state index contributed by atoms with van der Waals surface area (Å²) in [6.07, 6.45) is 3.51. The topological polar surface area (TPSA) is 24.9 Å². The van der Waals surface area contributed by atoms with Crippen molar-refractivity contribution in [3.63, 3.8) is 0 Å². The Hall–Kier alpha value is -0.610. The van der Waals surface area contributed by atoms with Gasteiger partial charge >= 0.3 is 0 Å². The lowest BCUT2D eigenvalue weighted by molar-refractivity contribution is 0.465. The highest BCUT2D eigenvalue weighted by Crippen LogP contribution is 2.39. The Bertz CT molecular complexity index is 624. The van der Waals surface area contributed by atoms with Crippen LogP contribution in [-0.4, -0.2) is 11.5 Å². The van der Waals surface area contributed by atoms with Crippen LogP contribution in [0.25, 0.3) is 10.6 Å². The molecule has 106 valence electrons. The summed E-state index contributed by atoms with van der Waals surface area (Å²) >= 11 is 14.0. The van der Waals surface area contributed by atoms with Gasteiger partial charge in [0.25, 0.3) is 0 Å². The van der Waals surface area contributed by atoms with Crippen molar-refractivity contribution in [3.8, 4) is 10.6 Å². The Labute approximate surface area is 133 Å². The van der Waals surface area contributed by atoms with E-state index < -0.39 is 0 Å². The smallest absolute Gasteiger partial charge is 0.125 e. The van der Waals surface area contributed by atoms with Crippen LogP contribution in [0.3, 0.4) is 0 Å². The molecule has 0 radical (unpaired) electrons. The molecule has 1 N–H and O–H groups in total. The molecule has 1 unspecified atom stereocenters. The number of halogens is 2. The van der Waals surface area contributed by atoms with Crippen molar-refractivity contribution in [1.29, 1.82) is 0 Å². The van der Waals surface area contributed by atoms with E-state index in [0.29, 0.717) is 16.1 Å². The molecule has 1 aromatic heterocycles. The van der Waals surface area contributed by atoms with E-state index in [4.69, 9.17) is 28.2 Å². The van der Waals surface area contributed by atoms with E-state index >= 15 is 0 Å². The Morgan fingerprint density at radius 2 is 2.25 bits per heavy atom. The molecule has 20 heavy (non-hydrogen) atoms.